The fraction of sp³-hybridized carbons (Fsp3) is 0.476. The summed E-state index contributed by atoms with van der Waals surface area (Å²) in [7, 11) is 0. The van der Waals surface area contributed by atoms with Crippen molar-refractivity contribution in [3.05, 3.63) is 46.8 Å². The average molecular weight is 369 g/mol. The van der Waals surface area contributed by atoms with Gasteiger partial charge in [-0.15, -0.1) is 0 Å². The first kappa shape index (κ1) is 19.1. The number of aliphatic carboxylic acids is 1. The number of rotatable bonds is 7. The van der Waals surface area contributed by atoms with Crippen LogP contribution < -0.4 is 5.32 Å². The number of nitrogens with zero attached hydrogens (tertiary/aromatic N) is 2. The predicted octanol–water partition coefficient (Wildman–Crippen LogP) is 3.57. The summed E-state index contributed by atoms with van der Waals surface area (Å²) in [5.74, 6) is -0.841. The molecule has 27 heavy (non-hydrogen) atoms. The second-order valence-electron chi connectivity index (χ2n) is 7.44. The molecule has 2 aromatic rings. The molecule has 0 atom stereocenters. The van der Waals surface area contributed by atoms with Crippen LogP contribution in [0.3, 0.4) is 0 Å². The number of amides is 1. The minimum atomic E-state index is -0.812. The van der Waals surface area contributed by atoms with Crippen molar-refractivity contribution in [2.24, 2.45) is 0 Å². The summed E-state index contributed by atoms with van der Waals surface area (Å²) in [6.07, 6.45) is 4.80. The molecule has 144 valence electrons. The number of carboxylic acid groups (broad SMARTS) is 1. The van der Waals surface area contributed by atoms with E-state index in [9.17, 15) is 9.59 Å². The largest absolute Gasteiger partial charge is 0.481 e. The lowest BCUT2D eigenvalue weighted by atomic mass is 9.74. The number of benzene rings is 1. The van der Waals surface area contributed by atoms with Crippen LogP contribution in [0.1, 0.15) is 66.3 Å². The topological polar surface area (TPSA) is 84.2 Å². The number of carbonyl (C=O) groups is 2. The third kappa shape index (κ3) is 3.89. The van der Waals surface area contributed by atoms with Crippen molar-refractivity contribution in [2.75, 3.05) is 0 Å². The Bertz CT molecular complexity index is 843. The van der Waals surface area contributed by atoms with Gasteiger partial charge in [-0.1, -0.05) is 6.92 Å². The second kappa shape index (κ2) is 7.55. The molecule has 0 unspecified atom stereocenters. The smallest absolute Gasteiger partial charge is 0.303 e. The van der Waals surface area contributed by atoms with Crippen LogP contribution in [0.25, 0.3) is 5.69 Å². The first-order valence-corrected chi connectivity index (χ1v) is 9.55. The molecule has 6 nitrogen and oxygen atoms in total. The minimum absolute atomic E-state index is 0.0233. The van der Waals surface area contributed by atoms with Gasteiger partial charge in [-0.05, 0) is 75.8 Å². The molecule has 1 aromatic heterocycles. The zero-order valence-corrected chi connectivity index (χ0v) is 16.2. The molecule has 0 bridgehead atoms. The summed E-state index contributed by atoms with van der Waals surface area (Å²) in [4.78, 5) is 23.4. The first-order chi connectivity index (χ1) is 12.8. The Labute approximate surface area is 159 Å². The predicted molar refractivity (Wildman–Crippen MR) is 103 cm³/mol. The highest BCUT2D eigenvalue weighted by Crippen LogP contribution is 2.34. The molecular formula is C21H27N3O3. The number of aromatic nitrogens is 2. The van der Waals surface area contributed by atoms with E-state index in [4.69, 9.17) is 5.11 Å². The van der Waals surface area contributed by atoms with Gasteiger partial charge in [0.25, 0.3) is 5.91 Å². The summed E-state index contributed by atoms with van der Waals surface area (Å²) in [6.45, 7) is 5.96. The van der Waals surface area contributed by atoms with E-state index in [1.807, 2.05) is 42.8 Å². The maximum Gasteiger partial charge on any atom is 0.303 e. The van der Waals surface area contributed by atoms with Crippen molar-refractivity contribution in [1.82, 2.24) is 15.1 Å². The van der Waals surface area contributed by atoms with Gasteiger partial charge in [-0.25, -0.2) is 4.68 Å². The van der Waals surface area contributed by atoms with Crippen molar-refractivity contribution in [2.45, 2.75) is 64.8 Å². The standard InChI is InChI=1S/C21H27N3O3/c1-4-21(12-5-13-21)22-20(27)16-6-8-17(9-7-16)24-15(3)18(14(2)23-24)10-11-19(25)26/h6-9H,4-5,10-13H2,1-3H3,(H,22,27)(H,25,26). The monoisotopic (exact) mass is 369 g/mol. The summed E-state index contributed by atoms with van der Waals surface area (Å²) >= 11 is 0. The van der Waals surface area contributed by atoms with Gasteiger partial charge in [0, 0.05) is 23.2 Å². The van der Waals surface area contributed by atoms with E-state index in [1.165, 1.54) is 6.42 Å². The minimum Gasteiger partial charge on any atom is -0.481 e. The Morgan fingerprint density at radius 3 is 2.41 bits per heavy atom. The molecule has 1 aromatic carbocycles. The lowest BCUT2D eigenvalue weighted by Crippen LogP contribution is -2.52. The van der Waals surface area contributed by atoms with Crippen molar-refractivity contribution in [3.63, 3.8) is 0 Å². The van der Waals surface area contributed by atoms with E-state index in [0.717, 1.165) is 41.9 Å². The van der Waals surface area contributed by atoms with E-state index in [-0.39, 0.29) is 17.9 Å². The maximum atomic E-state index is 12.5. The molecule has 1 aliphatic rings. The van der Waals surface area contributed by atoms with Crippen LogP contribution in [0.15, 0.2) is 24.3 Å². The second-order valence-corrected chi connectivity index (χ2v) is 7.44. The maximum absolute atomic E-state index is 12.5. The molecule has 0 aliphatic heterocycles. The van der Waals surface area contributed by atoms with Gasteiger partial charge in [0.15, 0.2) is 0 Å². The van der Waals surface area contributed by atoms with Crippen LogP contribution in [0, 0.1) is 13.8 Å². The highest BCUT2D eigenvalue weighted by Gasteiger charge is 2.36. The number of hydrogen-bond acceptors (Lipinski definition) is 3. The lowest BCUT2D eigenvalue weighted by molar-refractivity contribution is -0.136. The highest BCUT2D eigenvalue weighted by atomic mass is 16.4. The van der Waals surface area contributed by atoms with Gasteiger partial charge >= 0.3 is 5.97 Å². The molecule has 3 rings (SSSR count). The average Bonchev–Trinajstić information content (AvgIpc) is 2.90. The van der Waals surface area contributed by atoms with E-state index in [2.05, 4.69) is 17.3 Å². The van der Waals surface area contributed by atoms with Gasteiger partial charge in [0.05, 0.1) is 11.4 Å². The van der Waals surface area contributed by atoms with Crippen LogP contribution >= 0.6 is 0 Å². The van der Waals surface area contributed by atoms with Gasteiger partial charge in [0.2, 0.25) is 0 Å². The van der Waals surface area contributed by atoms with Gasteiger partial charge < -0.3 is 10.4 Å². The molecule has 0 spiro atoms. The van der Waals surface area contributed by atoms with E-state index < -0.39 is 5.97 Å². The number of aryl methyl sites for hydroxylation is 1. The Morgan fingerprint density at radius 1 is 1.22 bits per heavy atom. The summed E-state index contributed by atoms with van der Waals surface area (Å²) < 4.78 is 1.81. The quantitative estimate of drug-likeness (QED) is 0.781. The van der Waals surface area contributed by atoms with Crippen molar-refractivity contribution in [3.8, 4) is 5.69 Å². The van der Waals surface area contributed by atoms with Crippen LogP contribution in [0.2, 0.25) is 0 Å². The van der Waals surface area contributed by atoms with Crippen LogP contribution in [0.5, 0.6) is 0 Å². The number of carboxylic acids is 1. The van der Waals surface area contributed by atoms with Crippen LogP contribution in [0.4, 0.5) is 0 Å². The van der Waals surface area contributed by atoms with Crippen LogP contribution in [-0.4, -0.2) is 32.3 Å². The number of nitrogens with one attached hydrogen (secondary N) is 1. The highest BCUT2D eigenvalue weighted by molar-refractivity contribution is 5.95. The Balaban J connectivity index is 1.76. The van der Waals surface area contributed by atoms with Crippen LogP contribution in [-0.2, 0) is 11.2 Å². The zero-order valence-electron chi connectivity index (χ0n) is 16.2. The van der Waals surface area contributed by atoms with Crippen molar-refractivity contribution < 1.29 is 14.7 Å². The SMILES string of the molecule is CCC1(NC(=O)c2ccc(-n3nc(C)c(CCC(=O)O)c3C)cc2)CCC1. The van der Waals surface area contributed by atoms with Gasteiger partial charge in [-0.3, -0.25) is 9.59 Å². The molecule has 0 saturated heterocycles. The molecule has 1 heterocycles. The fourth-order valence-corrected chi connectivity index (χ4v) is 3.76. The third-order valence-electron chi connectivity index (χ3n) is 5.77. The van der Waals surface area contributed by atoms with Gasteiger partial charge in [0.1, 0.15) is 0 Å². The summed E-state index contributed by atoms with van der Waals surface area (Å²) in [6, 6.07) is 7.41. The molecule has 6 heteroatoms. The molecule has 1 fully saturated rings. The lowest BCUT2D eigenvalue weighted by Gasteiger charge is -2.42. The third-order valence-corrected chi connectivity index (χ3v) is 5.77. The molecule has 1 aliphatic carbocycles. The Kier molecular flexibility index (Phi) is 5.35. The van der Waals surface area contributed by atoms with Crippen molar-refractivity contribution in [1.29, 1.82) is 0 Å². The first-order valence-electron chi connectivity index (χ1n) is 9.55. The number of carbonyl (C=O) groups excluding carboxylic acids is 1. The van der Waals surface area contributed by atoms with E-state index in [1.54, 1.807) is 0 Å². The molecule has 0 radical (unpaired) electrons. The van der Waals surface area contributed by atoms with E-state index in [0.29, 0.717) is 12.0 Å². The summed E-state index contributed by atoms with van der Waals surface area (Å²) in [5, 5.41) is 16.7. The molecule has 1 amide bonds. The summed E-state index contributed by atoms with van der Waals surface area (Å²) in [5.41, 5.74) is 4.23. The van der Waals surface area contributed by atoms with Crippen molar-refractivity contribution >= 4 is 11.9 Å². The Hall–Kier alpha value is -2.63. The zero-order chi connectivity index (χ0) is 19.6. The van der Waals surface area contributed by atoms with Gasteiger partial charge in [-0.2, -0.15) is 5.10 Å². The molecular weight excluding hydrogens is 342 g/mol. The normalized spacial score (nSPS) is 15.2. The number of hydrogen-bond donors (Lipinski definition) is 2. The molecule has 2 N–H and O–H groups in total. The fourth-order valence-electron chi connectivity index (χ4n) is 3.76. The Morgan fingerprint density at radius 2 is 1.89 bits per heavy atom. The molecule has 1 saturated carbocycles. The van der Waals surface area contributed by atoms with E-state index >= 15 is 0 Å².